The Bertz CT molecular complexity index is 404. The van der Waals surface area contributed by atoms with E-state index in [1.165, 1.54) is 64.3 Å². The molecule has 1 atom stereocenters. The first-order valence-electron chi connectivity index (χ1n) is 8.65. The third-order valence-electron chi connectivity index (χ3n) is 3.93. The fourth-order valence-electron chi connectivity index (χ4n) is 2.66. The second-order valence-electron chi connectivity index (χ2n) is 6.04. The monoisotopic (exact) mass is 350 g/mol. The molecular weight excluding hydrogens is 316 g/mol. The van der Waals surface area contributed by atoms with Crippen molar-refractivity contribution in [1.82, 2.24) is 9.80 Å². The van der Waals surface area contributed by atoms with Crippen LogP contribution in [0.5, 0.6) is 0 Å². The minimum absolute atomic E-state index is 0.628. The van der Waals surface area contributed by atoms with Crippen LogP contribution in [0.4, 0.5) is 0 Å². The van der Waals surface area contributed by atoms with Crippen molar-refractivity contribution < 1.29 is 17.5 Å². The molecule has 7 heteroatoms. The highest BCUT2D eigenvalue weighted by atomic mass is 32.3. The van der Waals surface area contributed by atoms with Crippen LogP contribution in [-0.4, -0.2) is 47.1 Å². The third-order valence-corrected chi connectivity index (χ3v) is 3.93. The molecule has 138 valence electrons. The molecule has 1 aliphatic rings. The van der Waals surface area contributed by atoms with Crippen LogP contribution in [0.3, 0.4) is 0 Å². The Morgan fingerprint density at radius 3 is 2.00 bits per heavy atom. The molecule has 6 nitrogen and oxygen atoms in total. The zero-order valence-corrected chi connectivity index (χ0v) is 15.6. The summed E-state index contributed by atoms with van der Waals surface area (Å²) >= 11 is 0. The molecule has 1 aliphatic heterocycles. The van der Waals surface area contributed by atoms with Crippen LogP contribution in [0, 0.1) is 0 Å². The van der Waals surface area contributed by atoms with E-state index in [1.54, 1.807) is 0 Å². The second-order valence-corrected chi connectivity index (χ2v) is 6.94. The van der Waals surface area contributed by atoms with Crippen LogP contribution in [0.15, 0.2) is 12.4 Å². The Kier molecular flexibility index (Phi) is 12.2. The Balaban J connectivity index is 0.000000841. The van der Waals surface area contributed by atoms with E-state index < -0.39 is 10.4 Å². The standard InChI is InChI=1S/C16H32N2.H2O4S/c1-4-6-8-9-10-11-12-16-17(3)14-15-18(16)13-7-5-2;1-5(2,3)4/h14-16H,4-13H2,1-3H3;(H2,1,2,3,4). The normalized spacial score (nSPS) is 17.3. The zero-order chi connectivity index (χ0) is 17.7. The number of nitrogens with zero attached hydrogens (tertiary/aromatic N) is 2. The van der Waals surface area contributed by atoms with Crippen LogP contribution < -0.4 is 0 Å². The molecular formula is C16H34N2O4S. The van der Waals surface area contributed by atoms with E-state index in [2.05, 4.69) is 43.1 Å². The highest BCUT2D eigenvalue weighted by molar-refractivity contribution is 7.79. The van der Waals surface area contributed by atoms with Gasteiger partial charge in [0.1, 0.15) is 6.17 Å². The lowest BCUT2D eigenvalue weighted by molar-refractivity contribution is 0.160. The second kappa shape index (κ2) is 12.6. The maximum absolute atomic E-state index is 8.74. The summed E-state index contributed by atoms with van der Waals surface area (Å²) in [5.74, 6) is 0. The van der Waals surface area contributed by atoms with Crippen molar-refractivity contribution in [2.24, 2.45) is 0 Å². The zero-order valence-electron chi connectivity index (χ0n) is 14.8. The molecule has 1 rings (SSSR count). The van der Waals surface area contributed by atoms with E-state index in [1.807, 2.05) is 0 Å². The van der Waals surface area contributed by atoms with Gasteiger partial charge in [-0.2, -0.15) is 8.42 Å². The molecule has 1 unspecified atom stereocenters. The van der Waals surface area contributed by atoms with Gasteiger partial charge >= 0.3 is 10.4 Å². The maximum Gasteiger partial charge on any atom is 0.394 e. The highest BCUT2D eigenvalue weighted by Crippen LogP contribution is 2.20. The number of unbranched alkanes of at least 4 members (excludes halogenated alkanes) is 6. The molecule has 1 heterocycles. The van der Waals surface area contributed by atoms with Crippen LogP contribution in [0.2, 0.25) is 0 Å². The first kappa shape index (κ1) is 22.2. The largest absolute Gasteiger partial charge is 0.394 e. The van der Waals surface area contributed by atoms with E-state index in [4.69, 9.17) is 17.5 Å². The fraction of sp³-hybridized carbons (Fsp3) is 0.875. The van der Waals surface area contributed by atoms with E-state index >= 15 is 0 Å². The van der Waals surface area contributed by atoms with E-state index in [9.17, 15) is 0 Å². The summed E-state index contributed by atoms with van der Waals surface area (Å²) in [5.41, 5.74) is 0. The number of hydrogen-bond donors (Lipinski definition) is 2. The SMILES string of the molecule is CCCCCCCCC1N(C)C=CN1CCCC.O=S(=O)(O)O. The molecule has 0 radical (unpaired) electrons. The summed E-state index contributed by atoms with van der Waals surface area (Å²) in [6.45, 7) is 5.77. The fourth-order valence-corrected chi connectivity index (χ4v) is 2.66. The molecule has 0 bridgehead atoms. The quantitative estimate of drug-likeness (QED) is 0.459. The van der Waals surface area contributed by atoms with Crippen molar-refractivity contribution in [2.75, 3.05) is 13.6 Å². The smallest absolute Gasteiger partial charge is 0.359 e. The van der Waals surface area contributed by atoms with E-state index in [0.717, 1.165) is 0 Å². The summed E-state index contributed by atoms with van der Waals surface area (Å²) in [5, 5.41) is 0. The van der Waals surface area contributed by atoms with Gasteiger partial charge < -0.3 is 9.80 Å². The van der Waals surface area contributed by atoms with Gasteiger partial charge in [0.25, 0.3) is 0 Å². The van der Waals surface area contributed by atoms with Crippen molar-refractivity contribution in [2.45, 2.75) is 77.8 Å². The Morgan fingerprint density at radius 2 is 1.43 bits per heavy atom. The molecule has 0 aromatic carbocycles. The maximum atomic E-state index is 8.74. The predicted molar refractivity (Wildman–Crippen MR) is 94.5 cm³/mol. The minimum atomic E-state index is -4.67. The predicted octanol–water partition coefficient (Wildman–Crippen LogP) is 3.93. The summed E-state index contributed by atoms with van der Waals surface area (Å²) < 4.78 is 31.6. The topological polar surface area (TPSA) is 81.1 Å². The van der Waals surface area contributed by atoms with Gasteiger partial charge in [0.2, 0.25) is 0 Å². The summed E-state index contributed by atoms with van der Waals surface area (Å²) in [4.78, 5) is 4.90. The molecule has 0 amide bonds. The Morgan fingerprint density at radius 1 is 0.913 bits per heavy atom. The van der Waals surface area contributed by atoms with Crippen molar-refractivity contribution in [3.8, 4) is 0 Å². The number of hydrogen-bond acceptors (Lipinski definition) is 4. The van der Waals surface area contributed by atoms with Crippen LogP contribution in [-0.2, 0) is 10.4 Å². The molecule has 0 aromatic heterocycles. The minimum Gasteiger partial charge on any atom is -0.359 e. The summed E-state index contributed by atoms with van der Waals surface area (Å²) in [6.07, 6.45) is 17.4. The Labute approximate surface area is 142 Å². The van der Waals surface area contributed by atoms with Gasteiger partial charge in [-0.05, 0) is 19.3 Å². The lowest BCUT2D eigenvalue weighted by Crippen LogP contribution is -2.36. The molecule has 0 aliphatic carbocycles. The highest BCUT2D eigenvalue weighted by Gasteiger charge is 2.21. The van der Waals surface area contributed by atoms with Gasteiger partial charge in [-0.1, -0.05) is 52.4 Å². The first-order chi connectivity index (χ1) is 10.8. The van der Waals surface area contributed by atoms with Crippen molar-refractivity contribution in [3.05, 3.63) is 12.4 Å². The van der Waals surface area contributed by atoms with Crippen molar-refractivity contribution >= 4 is 10.4 Å². The molecule has 2 N–H and O–H groups in total. The molecule has 0 aromatic rings. The molecule has 0 saturated heterocycles. The summed E-state index contributed by atoms with van der Waals surface area (Å²) in [6, 6.07) is 0. The van der Waals surface area contributed by atoms with Gasteiger partial charge in [0.15, 0.2) is 0 Å². The van der Waals surface area contributed by atoms with Gasteiger partial charge in [-0.3, -0.25) is 9.11 Å². The average molecular weight is 351 g/mol. The molecule has 0 spiro atoms. The first-order valence-corrected chi connectivity index (χ1v) is 10.0. The van der Waals surface area contributed by atoms with Crippen molar-refractivity contribution in [1.29, 1.82) is 0 Å². The van der Waals surface area contributed by atoms with Crippen LogP contribution in [0.1, 0.15) is 71.6 Å². The van der Waals surface area contributed by atoms with Crippen molar-refractivity contribution in [3.63, 3.8) is 0 Å². The number of rotatable bonds is 10. The van der Waals surface area contributed by atoms with Crippen LogP contribution >= 0.6 is 0 Å². The summed E-state index contributed by atoms with van der Waals surface area (Å²) in [7, 11) is -2.45. The Hall–Kier alpha value is -0.790. The lowest BCUT2D eigenvalue weighted by Gasteiger charge is -2.30. The molecule has 0 fully saturated rings. The van der Waals surface area contributed by atoms with Gasteiger partial charge in [0, 0.05) is 26.0 Å². The van der Waals surface area contributed by atoms with Gasteiger partial charge in [-0.25, -0.2) is 0 Å². The van der Waals surface area contributed by atoms with E-state index in [0.29, 0.717) is 6.17 Å². The molecule has 0 saturated carbocycles. The lowest BCUT2D eigenvalue weighted by atomic mass is 10.1. The van der Waals surface area contributed by atoms with E-state index in [-0.39, 0.29) is 0 Å². The van der Waals surface area contributed by atoms with Gasteiger partial charge in [0.05, 0.1) is 0 Å². The van der Waals surface area contributed by atoms with Gasteiger partial charge in [-0.15, -0.1) is 0 Å². The van der Waals surface area contributed by atoms with Crippen LogP contribution in [0.25, 0.3) is 0 Å². The molecule has 23 heavy (non-hydrogen) atoms. The average Bonchev–Trinajstić information content (AvgIpc) is 2.79. The third kappa shape index (κ3) is 13.4.